The van der Waals surface area contributed by atoms with Crippen molar-refractivity contribution in [1.29, 1.82) is 5.26 Å². The molecule has 0 aliphatic carbocycles. The van der Waals surface area contributed by atoms with Crippen LogP contribution in [0.25, 0.3) is 0 Å². The average molecular weight is 234 g/mol. The van der Waals surface area contributed by atoms with Crippen molar-refractivity contribution in [2.45, 2.75) is 33.7 Å². The molecule has 0 fully saturated rings. The molecule has 0 aliphatic rings. The lowest BCUT2D eigenvalue weighted by molar-refractivity contribution is 0.235. The normalized spacial score (nSPS) is 11.1. The molecule has 4 nitrogen and oxygen atoms in total. The summed E-state index contributed by atoms with van der Waals surface area (Å²) in [5.41, 5.74) is 2.26. The Morgan fingerprint density at radius 3 is 2.71 bits per heavy atom. The van der Waals surface area contributed by atoms with E-state index >= 15 is 0 Å². The Kier molecular flexibility index (Phi) is 5.17. The minimum atomic E-state index is 0.587. The Labute approximate surface area is 104 Å². The maximum Gasteiger partial charge on any atom is 0.0635 e. The first-order valence-corrected chi connectivity index (χ1v) is 6.11. The molecule has 0 amide bonds. The molecule has 1 rings (SSSR count). The Hall–Kier alpha value is -1.34. The van der Waals surface area contributed by atoms with Crippen LogP contribution in [-0.4, -0.2) is 27.8 Å². The van der Waals surface area contributed by atoms with Crippen LogP contribution in [0.5, 0.6) is 0 Å². The molecule has 0 saturated carbocycles. The van der Waals surface area contributed by atoms with Crippen molar-refractivity contribution in [1.82, 2.24) is 14.7 Å². The van der Waals surface area contributed by atoms with E-state index in [1.165, 1.54) is 5.69 Å². The molecule has 1 heterocycles. The standard InChI is InChI=1S/C13H22N4/c1-11(2)9-17(7-5-6-14)10-13-8-12(3)15-16(13)4/h8,11H,5,7,9-10H2,1-4H3. The van der Waals surface area contributed by atoms with Crippen LogP contribution >= 0.6 is 0 Å². The lowest BCUT2D eigenvalue weighted by atomic mass is 10.2. The van der Waals surface area contributed by atoms with Gasteiger partial charge >= 0.3 is 0 Å². The summed E-state index contributed by atoms with van der Waals surface area (Å²) < 4.78 is 1.93. The number of aryl methyl sites for hydroxylation is 2. The Morgan fingerprint density at radius 1 is 1.53 bits per heavy atom. The third kappa shape index (κ3) is 4.58. The number of hydrogen-bond donors (Lipinski definition) is 0. The third-order valence-corrected chi connectivity index (χ3v) is 2.65. The lowest BCUT2D eigenvalue weighted by Gasteiger charge is -2.23. The molecule has 0 bridgehead atoms. The summed E-state index contributed by atoms with van der Waals surface area (Å²) in [4.78, 5) is 2.32. The largest absolute Gasteiger partial charge is 0.296 e. The second-order valence-electron chi connectivity index (χ2n) is 4.94. The van der Waals surface area contributed by atoms with E-state index in [4.69, 9.17) is 5.26 Å². The fourth-order valence-corrected chi connectivity index (χ4v) is 2.00. The van der Waals surface area contributed by atoms with Crippen molar-refractivity contribution in [2.75, 3.05) is 13.1 Å². The minimum Gasteiger partial charge on any atom is -0.296 e. The van der Waals surface area contributed by atoms with Crippen molar-refractivity contribution < 1.29 is 0 Å². The van der Waals surface area contributed by atoms with Gasteiger partial charge in [-0.1, -0.05) is 13.8 Å². The summed E-state index contributed by atoms with van der Waals surface area (Å²) in [7, 11) is 1.97. The zero-order valence-corrected chi connectivity index (χ0v) is 11.3. The highest BCUT2D eigenvalue weighted by Gasteiger charge is 2.10. The molecule has 0 atom stereocenters. The summed E-state index contributed by atoms with van der Waals surface area (Å²) >= 11 is 0. The zero-order valence-electron chi connectivity index (χ0n) is 11.3. The lowest BCUT2D eigenvalue weighted by Crippen LogP contribution is -2.29. The van der Waals surface area contributed by atoms with Crippen molar-refractivity contribution in [3.05, 3.63) is 17.5 Å². The number of nitriles is 1. The van der Waals surface area contributed by atoms with E-state index in [-0.39, 0.29) is 0 Å². The van der Waals surface area contributed by atoms with Crippen molar-refractivity contribution in [2.24, 2.45) is 13.0 Å². The van der Waals surface area contributed by atoms with Gasteiger partial charge in [0.1, 0.15) is 0 Å². The molecule has 0 spiro atoms. The van der Waals surface area contributed by atoms with Crippen LogP contribution in [0.15, 0.2) is 6.07 Å². The number of nitrogens with zero attached hydrogens (tertiary/aromatic N) is 4. The van der Waals surface area contributed by atoms with Gasteiger partial charge in [0, 0.05) is 33.1 Å². The van der Waals surface area contributed by atoms with E-state index in [1.54, 1.807) is 0 Å². The first-order valence-electron chi connectivity index (χ1n) is 6.11. The van der Waals surface area contributed by atoms with Gasteiger partial charge in [-0.2, -0.15) is 10.4 Å². The summed E-state index contributed by atoms with van der Waals surface area (Å²) in [5, 5.41) is 13.0. The van der Waals surface area contributed by atoms with Gasteiger partial charge in [0.05, 0.1) is 17.5 Å². The van der Waals surface area contributed by atoms with Crippen LogP contribution in [0.3, 0.4) is 0 Å². The summed E-state index contributed by atoms with van der Waals surface area (Å²) in [6, 6.07) is 4.32. The summed E-state index contributed by atoms with van der Waals surface area (Å²) in [6.45, 7) is 9.13. The Bertz CT molecular complexity index is 387. The van der Waals surface area contributed by atoms with Gasteiger partial charge in [-0.3, -0.25) is 9.58 Å². The van der Waals surface area contributed by atoms with Crippen LogP contribution in [0, 0.1) is 24.2 Å². The van der Waals surface area contributed by atoms with E-state index in [0.29, 0.717) is 12.3 Å². The first kappa shape index (κ1) is 13.7. The van der Waals surface area contributed by atoms with E-state index in [9.17, 15) is 0 Å². The van der Waals surface area contributed by atoms with Crippen LogP contribution in [0.1, 0.15) is 31.7 Å². The molecule has 0 radical (unpaired) electrons. The van der Waals surface area contributed by atoms with E-state index in [1.807, 2.05) is 18.7 Å². The molecular formula is C13H22N4. The maximum absolute atomic E-state index is 8.68. The van der Waals surface area contributed by atoms with Gasteiger partial charge in [-0.25, -0.2) is 0 Å². The summed E-state index contributed by atoms with van der Waals surface area (Å²) in [6.07, 6.45) is 0.587. The molecule has 1 aromatic heterocycles. The van der Waals surface area contributed by atoms with E-state index in [2.05, 4.69) is 36.0 Å². The molecule has 94 valence electrons. The number of aromatic nitrogens is 2. The minimum absolute atomic E-state index is 0.587. The predicted octanol–water partition coefficient (Wildman–Crippen LogP) is 2.10. The van der Waals surface area contributed by atoms with Crippen molar-refractivity contribution >= 4 is 0 Å². The fourth-order valence-electron chi connectivity index (χ4n) is 2.00. The summed E-state index contributed by atoms with van der Waals surface area (Å²) in [5.74, 6) is 0.614. The highest BCUT2D eigenvalue weighted by atomic mass is 15.3. The van der Waals surface area contributed by atoms with Gasteiger partial charge < -0.3 is 0 Å². The average Bonchev–Trinajstić information content (AvgIpc) is 2.53. The maximum atomic E-state index is 8.68. The van der Waals surface area contributed by atoms with Crippen molar-refractivity contribution in [3.8, 4) is 6.07 Å². The van der Waals surface area contributed by atoms with Crippen LogP contribution < -0.4 is 0 Å². The molecule has 0 saturated heterocycles. The predicted molar refractivity (Wildman–Crippen MR) is 68.3 cm³/mol. The monoisotopic (exact) mass is 234 g/mol. The smallest absolute Gasteiger partial charge is 0.0635 e. The SMILES string of the molecule is Cc1cc(CN(CCC#N)CC(C)C)n(C)n1. The molecule has 0 aliphatic heterocycles. The topological polar surface area (TPSA) is 44.9 Å². The van der Waals surface area contributed by atoms with Gasteiger partial charge in [-0.05, 0) is 18.9 Å². The molecule has 0 unspecified atom stereocenters. The second kappa shape index (κ2) is 6.41. The van der Waals surface area contributed by atoms with Gasteiger partial charge in [0.15, 0.2) is 0 Å². The first-order chi connectivity index (χ1) is 8.02. The molecule has 17 heavy (non-hydrogen) atoms. The van der Waals surface area contributed by atoms with Gasteiger partial charge in [0.25, 0.3) is 0 Å². The van der Waals surface area contributed by atoms with Crippen molar-refractivity contribution in [3.63, 3.8) is 0 Å². The van der Waals surface area contributed by atoms with Crippen LogP contribution in [-0.2, 0) is 13.6 Å². The van der Waals surface area contributed by atoms with Gasteiger partial charge in [0.2, 0.25) is 0 Å². The number of hydrogen-bond acceptors (Lipinski definition) is 3. The molecule has 0 N–H and O–H groups in total. The molecule has 4 heteroatoms. The van der Waals surface area contributed by atoms with E-state index in [0.717, 1.165) is 25.3 Å². The van der Waals surface area contributed by atoms with Crippen LogP contribution in [0.4, 0.5) is 0 Å². The molecule has 1 aromatic rings. The third-order valence-electron chi connectivity index (χ3n) is 2.65. The fraction of sp³-hybridized carbons (Fsp3) is 0.692. The highest BCUT2D eigenvalue weighted by Crippen LogP contribution is 2.09. The Morgan fingerprint density at radius 2 is 2.24 bits per heavy atom. The Balaban J connectivity index is 2.65. The highest BCUT2D eigenvalue weighted by molar-refractivity contribution is 5.08. The quantitative estimate of drug-likeness (QED) is 0.757. The van der Waals surface area contributed by atoms with Crippen LogP contribution in [0.2, 0.25) is 0 Å². The van der Waals surface area contributed by atoms with E-state index < -0.39 is 0 Å². The second-order valence-corrected chi connectivity index (χ2v) is 4.94. The molecular weight excluding hydrogens is 212 g/mol. The number of rotatable bonds is 6. The zero-order chi connectivity index (χ0) is 12.8. The van der Waals surface area contributed by atoms with Gasteiger partial charge in [-0.15, -0.1) is 0 Å². The molecule has 0 aromatic carbocycles.